The molecule has 1 aromatic rings. The average molecular weight is 392 g/mol. The van der Waals surface area contributed by atoms with Gasteiger partial charge in [0.1, 0.15) is 0 Å². The van der Waals surface area contributed by atoms with E-state index < -0.39 is 0 Å². The molecule has 0 aliphatic heterocycles. The van der Waals surface area contributed by atoms with Gasteiger partial charge in [-0.15, -0.1) is 0 Å². The predicted octanol–water partition coefficient (Wildman–Crippen LogP) is 4.70. The first kappa shape index (κ1) is 14.0. The molecule has 4 heteroatoms. The number of hydrogen-bond acceptors (Lipinski definition) is 2. The van der Waals surface area contributed by atoms with Crippen LogP contribution in [0, 0.1) is 8.99 Å². The maximum atomic E-state index is 6.31. The lowest BCUT2D eigenvalue weighted by molar-refractivity contribution is -0.157. The van der Waals surface area contributed by atoms with Gasteiger partial charge in [0, 0.05) is 21.6 Å². The minimum absolute atomic E-state index is 0.377. The van der Waals surface area contributed by atoms with Crippen LogP contribution in [0.3, 0.4) is 0 Å². The fourth-order valence-corrected chi connectivity index (χ4v) is 4.35. The van der Waals surface area contributed by atoms with Gasteiger partial charge in [-0.2, -0.15) is 0 Å². The monoisotopic (exact) mass is 391 g/mol. The number of halogens is 2. The molecule has 0 saturated heterocycles. The second kappa shape index (κ2) is 5.41. The molecule has 1 spiro atoms. The Morgan fingerprint density at radius 1 is 1.47 bits per heavy atom. The van der Waals surface area contributed by atoms with Crippen molar-refractivity contribution in [2.45, 2.75) is 44.8 Å². The molecule has 2 fully saturated rings. The van der Waals surface area contributed by atoms with Gasteiger partial charge in [0.2, 0.25) is 0 Å². The van der Waals surface area contributed by atoms with Crippen LogP contribution < -0.4 is 5.32 Å². The fraction of sp³-hybridized carbons (Fsp3) is 0.600. The van der Waals surface area contributed by atoms with E-state index in [0.29, 0.717) is 17.6 Å². The van der Waals surface area contributed by atoms with E-state index in [9.17, 15) is 0 Å². The molecule has 104 valence electrons. The third-order valence-corrected chi connectivity index (χ3v) is 5.68. The third-order valence-electron chi connectivity index (χ3n) is 4.70. The molecule has 2 aliphatic rings. The van der Waals surface area contributed by atoms with Gasteiger partial charge < -0.3 is 10.1 Å². The number of nitrogens with one attached hydrogen (secondary N) is 1. The van der Waals surface area contributed by atoms with Gasteiger partial charge in [-0.3, -0.25) is 0 Å². The topological polar surface area (TPSA) is 21.3 Å². The van der Waals surface area contributed by atoms with Crippen molar-refractivity contribution in [2.75, 3.05) is 11.9 Å². The van der Waals surface area contributed by atoms with E-state index in [4.69, 9.17) is 16.3 Å². The van der Waals surface area contributed by atoms with E-state index in [1.807, 2.05) is 6.07 Å². The van der Waals surface area contributed by atoms with Crippen molar-refractivity contribution in [1.82, 2.24) is 0 Å². The van der Waals surface area contributed by atoms with Crippen molar-refractivity contribution in [3.8, 4) is 0 Å². The molecule has 2 unspecified atom stereocenters. The maximum Gasteiger partial charge on any atom is 0.0670 e. The van der Waals surface area contributed by atoms with Crippen LogP contribution in [0.1, 0.15) is 32.6 Å². The number of hydrogen-bond donors (Lipinski definition) is 1. The third kappa shape index (κ3) is 2.38. The highest BCUT2D eigenvalue weighted by Gasteiger charge is 2.58. The smallest absolute Gasteiger partial charge is 0.0670 e. The molecular weight excluding hydrogens is 373 g/mol. The summed E-state index contributed by atoms with van der Waals surface area (Å²) in [5.41, 5.74) is 1.44. The molecule has 0 heterocycles. The number of anilines is 1. The lowest BCUT2D eigenvalue weighted by Gasteiger charge is -2.61. The molecule has 3 rings (SSSR count). The highest BCUT2D eigenvalue weighted by atomic mass is 127. The van der Waals surface area contributed by atoms with E-state index in [0.717, 1.165) is 23.7 Å². The summed E-state index contributed by atoms with van der Waals surface area (Å²) in [6.45, 7) is 2.91. The van der Waals surface area contributed by atoms with E-state index in [1.54, 1.807) is 0 Å². The van der Waals surface area contributed by atoms with Gasteiger partial charge in [0.15, 0.2) is 0 Å². The lowest BCUT2D eigenvalue weighted by atomic mass is 9.51. The molecule has 1 N–H and O–H groups in total. The van der Waals surface area contributed by atoms with Gasteiger partial charge >= 0.3 is 0 Å². The quantitative estimate of drug-likeness (QED) is 0.751. The molecule has 0 aromatic heterocycles. The zero-order valence-electron chi connectivity index (χ0n) is 11.1. The Kier molecular flexibility index (Phi) is 3.98. The zero-order valence-corrected chi connectivity index (χ0v) is 14.0. The average Bonchev–Trinajstić information content (AvgIpc) is 2.28. The highest BCUT2D eigenvalue weighted by Crippen LogP contribution is 2.58. The normalized spacial score (nSPS) is 27.7. The Balaban J connectivity index is 1.71. The molecule has 2 atom stereocenters. The summed E-state index contributed by atoms with van der Waals surface area (Å²) in [6, 6.07) is 6.72. The van der Waals surface area contributed by atoms with Crippen molar-refractivity contribution >= 4 is 39.9 Å². The summed E-state index contributed by atoms with van der Waals surface area (Å²) in [4.78, 5) is 0. The minimum Gasteiger partial charge on any atom is -0.380 e. The Morgan fingerprint density at radius 2 is 2.26 bits per heavy atom. The molecule has 0 radical (unpaired) electrons. The van der Waals surface area contributed by atoms with Crippen LogP contribution in [-0.4, -0.2) is 18.8 Å². The first-order valence-corrected chi connectivity index (χ1v) is 8.44. The van der Waals surface area contributed by atoms with Gasteiger partial charge in [-0.25, -0.2) is 0 Å². The van der Waals surface area contributed by atoms with E-state index in [1.165, 1.54) is 22.8 Å². The first-order chi connectivity index (χ1) is 9.15. The summed E-state index contributed by atoms with van der Waals surface area (Å²) >= 11 is 8.59. The molecule has 1 aromatic carbocycles. The molecule has 2 aliphatic carbocycles. The summed E-state index contributed by atoms with van der Waals surface area (Å²) in [6.07, 6.45) is 5.47. The van der Waals surface area contributed by atoms with Crippen LogP contribution in [0.4, 0.5) is 5.69 Å². The van der Waals surface area contributed by atoms with Crippen molar-refractivity contribution < 1.29 is 4.74 Å². The van der Waals surface area contributed by atoms with E-state index >= 15 is 0 Å². The van der Waals surface area contributed by atoms with Crippen LogP contribution in [0.5, 0.6) is 0 Å². The van der Waals surface area contributed by atoms with Crippen molar-refractivity contribution in [3.63, 3.8) is 0 Å². The minimum atomic E-state index is 0.377. The fourth-order valence-electron chi connectivity index (χ4n) is 3.43. The van der Waals surface area contributed by atoms with Gasteiger partial charge in [0.25, 0.3) is 0 Å². The Bertz CT molecular complexity index is 475. The molecule has 0 amide bonds. The lowest BCUT2D eigenvalue weighted by Crippen LogP contribution is -2.64. The van der Waals surface area contributed by atoms with Gasteiger partial charge in [-0.1, -0.05) is 18.0 Å². The summed E-state index contributed by atoms with van der Waals surface area (Å²) in [7, 11) is 0. The predicted molar refractivity (Wildman–Crippen MR) is 87.9 cm³/mol. The van der Waals surface area contributed by atoms with E-state index in [-0.39, 0.29) is 0 Å². The number of benzene rings is 1. The molecule has 2 nitrogen and oxygen atoms in total. The second-order valence-electron chi connectivity index (χ2n) is 5.59. The SMILES string of the molecule is CCOC1CC(Nc2ccc(I)cc2Cl)C12CCC2. The summed E-state index contributed by atoms with van der Waals surface area (Å²) < 4.78 is 7.05. The largest absolute Gasteiger partial charge is 0.380 e. The molecule has 2 saturated carbocycles. The van der Waals surface area contributed by atoms with Gasteiger partial charge in [-0.05, 0) is 67.0 Å². The summed E-state index contributed by atoms with van der Waals surface area (Å²) in [5.74, 6) is 0. The number of ether oxygens (including phenoxy) is 1. The molecular formula is C15H19ClINO. The Labute approximate surface area is 133 Å². The number of rotatable bonds is 4. The Hall–Kier alpha value is -0.0000000000000000555. The Morgan fingerprint density at radius 3 is 2.84 bits per heavy atom. The van der Waals surface area contributed by atoms with Crippen LogP contribution in [-0.2, 0) is 4.74 Å². The molecule has 19 heavy (non-hydrogen) atoms. The highest BCUT2D eigenvalue weighted by molar-refractivity contribution is 14.1. The maximum absolute atomic E-state index is 6.31. The van der Waals surface area contributed by atoms with Gasteiger partial charge in [0.05, 0.1) is 16.8 Å². The van der Waals surface area contributed by atoms with E-state index in [2.05, 4.69) is 47.0 Å². The first-order valence-electron chi connectivity index (χ1n) is 6.99. The van der Waals surface area contributed by atoms with Crippen LogP contribution in [0.25, 0.3) is 0 Å². The standard InChI is InChI=1S/C15H19ClINO/c1-2-19-14-9-13(15(14)6-3-7-15)18-12-5-4-10(17)8-11(12)16/h4-5,8,13-14,18H,2-3,6-7,9H2,1H3. The molecule has 0 bridgehead atoms. The van der Waals surface area contributed by atoms with Crippen molar-refractivity contribution in [3.05, 3.63) is 26.8 Å². The van der Waals surface area contributed by atoms with Crippen LogP contribution >= 0.6 is 34.2 Å². The van der Waals surface area contributed by atoms with Crippen LogP contribution in [0.15, 0.2) is 18.2 Å². The second-order valence-corrected chi connectivity index (χ2v) is 7.24. The summed E-state index contributed by atoms with van der Waals surface area (Å²) in [5, 5.41) is 4.46. The van der Waals surface area contributed by atoms with Crippen LogP contribution in [0.2, 0.25) is 5.02 Å². The zero-order chi connectivity index (χ0) is 13.5. The van der Waals surface area contributed by atoms with Crippen molar-refractivity contribution in [1.29, 1.82) is 0 Å². The van der Waals surface area contributed by atoms with Crippen molar-refractivity contribution in [2.24, 2.45) is 5.41 Å².